The summed E-state index contributed by atoms with van der Waals surface area (Å²) in [6, 6.07) is 13.7. The maximum atomic E-state index is 12.5. The van der Waals surface area contributed by atoms with Gasteiger partial charge >= 0.3 is 11.9 Å². The number of aryl methyl sites for hydroxylation is 2. The standard InChI is InChI=1S/C30H32O5/c1-6-25-11-13-26(14-12-25)15-16-27-17-18-28(23(4)21-27)35-30(32)22(3)9-10-24(5)33-19-8-20-34-29(31)7-2/h7,9-14,17-18,21H,2,6,8,19-20H2,1,3-5H3. The summed E-state index contributed by atoms with van der Waals surface area (Å²) in [7, 11) is 0. The van der Waals surface area contributed by atoms with Crippen molar-refractivity contribution < 1.29 is 23.8 Å². The average molecular weight is 473 g/mol. The first kappa shape index (κ1) is 27.2. The van der Waals surface area contributed by atoms with Crippen molar-refractivity contribution in [2.75, 3.05) is 13.2 Å². The van der Waals surface area contributed by atoms with Gasteiger partial charge in [-0.05, 0) is 80.8 Å². The molecule has 0 atom stereocenters. The zero-order valence-corrected chi connectivity index (χ0v) is 20.9. The third-order valence-electron chi connectivity index (χ3n) is 5.01. The lowest BCUT2D eigenvalue weighted by Crippen LogP contribution is -2.10. The Morgan fingerprint density at radius 1 is 0.943 bits per heavy atom. The van der Waals surface area contributed by atoms with Gasteiger partial charge in [-0.25, -0.2) is 9.59 Å². The predicted octanol–water partition coefficient (Wildman–Crippen LogP) is 5.85. The maximum Gasteiger partial charge on any atom is 0.339 e. The third kappa shape index (κ3) is 9.77. The molecule has 2 rings (SSSR count). The van der Waals surface area contributed by atoms with Crippen molar-refractivity contribution in [3.8, 4) is 17.6 Å². The minimum atomic E-state index is -0.454. The van der Waals surface area contributed by atoms with Crippen LogP contribution in [-0.2, 0) is 25.5 Å². The number of hydrogen-bond acceptors (Lipinski definition) is 5. The highest BCUT2D eigenvalue weighted by Gasteiger charge is 2.09. The van der Waals surface area contributed by atoms with Crippen LogP contribution < -0.4 is 4.74 Å². The molecule has 0 aromatic heterocycles. The van der Waals surface area contributed by atoms with E-state index in [2.05, 4.69) is 37.5 Å². The Labute approximate surface area is 208 Å². The molecule has 0 aliphatic carbocycles. The highest BCUT2D eigenvalue weighted by Crippen LogP contribution is 2.20. The summed E-state index contributed by atoms with van der Waals surface area (Å²) in [6.07, 6.45) is 6.03. The first-order chi connectivity index (χ1) is 16.8. The van der Waals surface area contributed by atoms with Crippen molar-refractivity contribution in [2.45, 2.75) is 40.5 Å². The van der Waals surface area contributed by atoms with Gasteiger partial charge in [-0.3, -0.25) is 0 Å². The van der Waals surface area contributed by atoms with Crippen LogP contribution in [0.1, 0.15) is 49.4 Å². The van der Waals surface area contributed by atoms with Gasteiger partial charge in [0.05, 0.1) is 19.0 Å². The molecule has 0 N–H and O–H groups in total. The minimum Gasteiger partial charge on any atom is -0.498 e. The number of allylic oxidation sites excluding steroid dienone is 3. The summed E-state index contributed by atoms with van der Waals surface area (Å²) in [5.74, 6) is 6.55. The first-order valence-electron chi connectivity index (χ1n) is 11.5. The quantitative estimate of drug-likeness (QED) is 0.0826. The lowest BCUT2D eigenvalue weighted by Gasteiger charge is -2.08. The number of carbonyl (C=O) groups is 2. The van der Waals surface area contributed by atoms with Gasteiger partial charge < -0.3 is 14.2 Å². The highest BCUT2D eigenvalue weighted by atomic mass is 16.5. The van der Waals surface area contributed by atoms with E-state index in [1.54, 1.807) is 32.1 Å². The van der Waals surface area contributed by atoms with Gasteiger partial charge in [0.25, 0.3) is 0 Å². The molecule has 35 heavy (non-hydrogen) atoms. The second-order valence-electron chi connectivity index (χ2n) is 7.87. The zero-order chi connectivity index (χ0) is 25.6. The van der Waals surface area contributed by atoms with E-state index in [9.17, 15) is 9.59 Å². The molecule has 182 valence electrons. The van der Waals surface area contributed by atoms with E-state index in [0.717, 1.165) is 29.2 Å². The molecule has 0 fully saturated rings. The number of hydrogen-bond donors (Lipinski definition) is 0. The van der Waals surface area contributed by atoms with E-state index in [1.807, 2.05) is 31.2 Å². The smallest absolute Gasteiger partial charge is 0.339 e. The van der Waals surface area contributed by atoms with E-state index in [-0.39, 0.29) is 6.61 Å². The van der Waals surface area contributed by atoms with Crippen LogP contribution >= 0.6 is 0 Å². The van der Waals surface area contributed by atoms with Crippen molar-refractivity contribution in [1.82, 2.24) is 0 Å². The summed E-state index contributed by atoms with van der Waals surface area (Å²) in [5, 5.41) is 0. The fourth-order valence-electron chi connectivity index (χ4n) is 2.87. The highest BCUT2D eigenvalue weighted by molar-refractivity contribution is 5.90. The van der Waals surface area contributed by atoms with Gasteiger partial charge in [-0.15, -0.1) is 0 Å². The zero-order valence-electron chi connectivity index (χ0n) is 20.9. The summed E-state index contributed by atoms with van der Waals surface area (Å²) < 4.78 is 16.0. The second kappa shape index (κ2) is 14.3. The van der Waals surface area contributed by atoms with E-state index in [0.29, 0.717) is 30.1 Å². The van der Waals surface area contributed by atoms with Gasteiger partial charge in [0, 0.05) is 29.2 Å². The molecule has 0 bridgehead atoms. The molecule has 0 unspecified atom stereocenters. The number of benzene rings is 2. The van der Waals surface area contributed by atoms with Crippen LogP contribution in [0, 0.1) is 18.8 Å². The van der Waals surface area contributed by atoms with Gasteiger partial charge in [0.1, 0.15) is 5.75 Å². The summed E-state index contributed by atoms with van der Waals surface area (Å²) in [4.78, 5) is 23.4. The first-order valence-corrected chi connectivity index (χ1v) is 11.5. The van der Waals surface area contributed by atoms with Crippen LogP contribution in [0.3, 0.4) is 0 Å². The fraction of sp³-hybridized carbons (Fsp3) is 0.267. The summed E-state index contributed by atoms with van der Waals surface area (Å²) in [5.41, 5.74) is 4.35. The Morgan fingerprint density at radius 3 is 2.26 bits per heavy atom. The summed E-state index contributed by atoms with van der Waals surface area (Å²) in [6.45, 7) is 11.5. The maximum absolute atomic E-state index is 12.5. The molecular weight excluding hydrogens is 440 g/mol. The van der Waals surface area contributed by atoms with Crippen LogP contribution in [0.25, 0.3) is 0 Å². The topological polar surface area (TPSA) is 61.8 Å². The predicted molar refractivity (Wildman–Crippen MR) is 138 cm³/mol. The van der Waals surface area contributed by atoms with Gasteiger partial charge in [0.15, 0.2) is 0 Å². The van der Waals surface area contributed by atoms with Crippen LogP contribution in [0.2, 0.25) is 0 Å². The van der Waals surface area contributed by atoms with Crippen molar-refractivity contribution in [3.05, 3.63) is 101 Å². The van der Waals surface area contributed by atoms with E-state index < -0.39 is 11.9 Å². The van der Waals surface area contributed by atoms with Crippen molar-refractivity contribution in [1.29, 1.82) is 0 Å². The fourth-order valence-corrected chi connectivity index (χ4v) is 2.87. The number of carbonyl (C=O) groups excluding carboxylic acids is 2. The molecule has 0 aliphatic rings. The Morgan fingerprint density at radius 2 is 1.60 bits per heavy atom. The van der Waals surface area contributed by atoms with Crippen molar-refractivity contribution >= 4 is 11.9 Å². The van der Waals surface area contributed by atoms with Crippen LogP contribution in [0.15, 0.2) is 78.6 Å². The lowest BCUT2D eigenvalue weighted by atomic mass is 10.1. The van der Waals surface area contributed by atoms with Crippen molar-refractivity contribution in [3.63, 3.8) is 0 Å². The molecular formula is C30H32O5. The van der Waals surface area contributed by atoms with E-state index >= 15 is 0 Å². The molecule has 5 nitrogen and oxygen atoms in total. The molecule has 0 radical (unpaired) electrons. The average Bonchev–Trinajstić information content (AvgIpc) is 2.87. The van der Waals surface area contributed by atoms with Gasteiger partial charge in [-0.2, -0.15) is 0 Å². The Hall–Kier alpha value is -4.04. The lowest BCUT2D eigenvalue weighted by molar-refractivity contribution is -0.138. The SMILES string of the molecule is C=CC(=O)OCCCOC(C)=CC=C(C)C(=O)Oc1ccc(C#Cc2ccc(CC)cc2)cc1C. The third-order valence-corrected chi connectivity index (χ3v) is 5.01. The molecule has 0 amide bonds. The van der Waals surface area contributed by atoms with Crippen molar-refractivity contribution in [2.24, 2.45) is 0 Å². The number of ether oxygens (including phenoxy) is 3. The Kier molecular flexibility index (Phi) is 11.1. The molecule has 0 saturated heterocycles. The molecule has 2 aromatic carbocycles. The molecule has 2 aromatic rings. The van der Waals surface area contributed by atoms with Crippen LogP contribution in [0.4, 0.5) is 0 Å². The number of rotatable bonds is 10. The molecule has 0 heterocycles. The normalized spacial score (nSPS) is 11.2. The Bertz CT molecular complexity index is 1160. The second-order valence-corrected chi connectivity index (χ2v) is 7.87. The van der Waals surface area contributed by atoms with Crippen LogP contribution in [-0.4, -0.2) is 25.2 Å². The van der Waals surface area contributed by atoms with Gasteiger partial charge in [0.2, 0.25) is 0 Å². The molecule has 0 spiro atoms. The molecule has 5 heteroatoms. The van der Waals surface area contributed by atoms with E-state index in [4.69, 9.17) is 14.2 Å². The van der Waals surface area contributed by atoms with Crippen LogP contribution in [0.5, 0.6) is 5.75 Å². The number of esters is 2. The minimum absolute atomic E-state index is 0.259. The monoisotopic (exact) mass is 472 g/mol. The Balaban J connectivity index is 1.90. The van der Waals surface area contributed by atoms with E-state index in [1.165, 1.54) is 5.56 Å². The molecule has 0 aliphatic heterocycles. The largest absolute Gasteiger partial charge is 0.498 e. The summed E-state index contributed by atoms with van der Waals surface area (Å²) >= 11 is 0. The van der Waals surface area contributed by atoms with Gasteiger partial charge in [-0.1, -0.05) is 37.5 Å². The molecule has 0 saturated carbocycles.